The molecule has 0 aliphatic carbocycles. The third-order valence-electron chi connectivity index (χ3n) is 3.74. The summed E-state index contributed by atoms with van der Waals surface area (Å²) in [6.45, 7) is 0. The van der Waals surface area contributed by atoms with Crippen molar-refractivity contribution in [3.63, 3.8) is 0 Å². The average Bonchev–Trinajstić information content (AvgIpc) is 3.20. The molecule has 10 heteroatoms. The Bertz CT molecular complexity index is 963. The largest absolute Gasteiger partial charge is 0.497 e. The van der Waals surface area contributed by atoms with Gasteiger partial charge in [0.15, 0.2) is 0 Å². The van der Waals surface area contributed by atoms with Crippen LogP contribution in [0.1, 0.15) is 0 Å². The van der Waals surface area contributed by atoms with Crippen molar-refractivity contribution in [3.05, 3.63) is 42.5 Å². The second-order valence-corrected chi connectivity index (χ2v) is 6.42. The van der Waals surface area contributed by atoms with Gasteiger partial charge < -0.3 is 19.5 Å². The fraction of sp³-hybridized carbons (Fsp3) is 0.222. The molecule has 1 amide bonds. The van der Waals surface area contributed by atoms with Crippen molar-refractivity contribution in [3.8, 4) is 22.9 Å². The van der Waals surface area contributed by atoms with E-state index in [0.717, 1.165) is 0 Å². The third-order valence-corrected chi connectivity index (χ3v) is 4.66. The minimum Gasteiger partial charge on any atom is -0.497 e. The molecule has 0 atom stereocenters. The lowest BCUT2D eigenvalue weighted by atomic mass is 10.3. The van der Waals surface area contributed by atoms with Gasteiger partial charge in [-0.3, -0.25) is 4.79 Å². The van der Waals surface area contributed by atoms with Crippen LogP contribution < -0.4 is 19.5 Å². The van der Waals surface area contributed by atoms with Crippen molar-refractivity contribution >= 4 is 23.4 Å². The van der Waals surface area contributed by atoms with Crippen molar-refractivity contribution in [2.75, 3.05) is 32.4 Å². The van der Waals surface area contributed by atoms with Gasteiger partial charge in [0.25, 0.3) is 0 Å². The fourth-order valence-electron chi connectivity index (χ4n) is 2.41. The molecule has 1 N–H and O–H groups in total. The summed E-state index contributed by atoms with van der Waals surface area (Å²) in [7, 11) is 4.70. The van der Waals surface area contributed by atoms with Gasteiger partial charge in [-0.05, 0) is 34.7 Å². The molecule has 9 nitrogen and oxygen atoms in total. The van der Waals surface area contributed by atoms with E-state index in [9.17, 15) is 4.79 Å². The molecule has 0 unspecified atom stereocenters. The van der Waals surface area contributed by atoms with Crippen LogP contribution >= 0.6 is 11.8 Å². The summed E-state index contributed by atoms with van der Waals surface area (Å²) in [5.74, 6) is 1.82. The number of benzene rings is 2. The van der Waals surface area contributed by atoms with Gasteiger partial charge in [0.2, 0.25) is 11.1 Å². The molecular weight excluding hydrogens is 382 g/mol. The lowest BCUT2D eigenvalue weighted by Crippen LogP contribution is -2.14. The van der Waals surface area contributed by atoms with Gasteiger partial charge in [0, 0.05) is 17.8 Å². The van der Waals surface area contributed by atoms with Crippen LogP contribution in [0.4, 0.5) is 5.69 Å². The van der Waals surface area contributed by atoms with E-state index in [1.807, 2.05) is 0 Å². The van der Waals surface area contributed by atoms with Gasteiger partial charge in [0.05, 0.1) is 27.1 Å². The maximum atomic E-state index is 12.3. The number of thioether (sulfide) groups is 1. The van der Waals surface area contributed by atoms with Crippen LogP contribution in [0, 0.1) is 0 Å². The number of nitrogens with zero attached hydrogens (tertiary/aromatic N) is 4. The number of carbonyl (C=O) groups is 1. The Labute approximate surface area is 166 Å². The summed E-state index contributed by atoms with van der Waals surface area (Å²) in [5, 5.41) is 15.0. The Morgan fingerprint density at radius 1 is 1.07 bits per heavy atom. The second kappa shape index (κ2) is 9.09. The zero-order chi connectivity index (χ0) is 19.9. The number of hydrogen-bond acceptors (Lipinski definition) is 8. The van der Waals surface area contributed by atoms with Crippen molar-refractivity contribution in [1.82, 2.24) is 20.2 Å². The molecule has 1 aromatic heterocycles. The molecule has 0 bridgehead atoms. The molecule has 3 rings (SSSR count). The third kappa shape index (κ3) is 4.52. The molecule has 1 heterocycles. The summed E-state index contributed by atoms with van der Waals surface area (Å²) >= 11 is 1.21. The Morgan fingerprint density at radius 3 is 2.61 bits per heavy atom. The molecule has 3 aromatic rings. The van der Waals surface area contributed by atoms with E-state index in [1.165, 1.54) is 16.4 Å². The summed E-state index contributed by atoms with van der Waals surface area (Å²) in [4.78, 5) is 12.3. The molecule has 0 aliphatic rings. The normalized spacial score (nSPS) is 10.4. The topological polar surface area (TPSA) is 100 Å². The monoisotopic (exact) mass is 401 g/mol. The highest BCUT2D eigenvalue weighted by atomic mass is 32.2. The predicted molar refractivity (Wildman–Crippen MR) is 105 cm³/mol. The zero-order valence-corrected chi connectivity index (χ0v) is 16.4. The summed E-state index contributed by atoms with van der Waals surface area (Å²) in [5.41, 5.74) is 1.30. The zero-order valence-electron chi connectivity index (χ0n) is 15.6. The van der Waals surface area contributed by atoms with Crippen LogP contribution in [-0.2, 0) is 4.79 Å². The lowest BCUT2D eigenvalue weighted by Gasteiger charge is -2.11. The molecule has 0 saturated carbocycles. The first kappa shape index (κ1) is 19.5. The smallest absolute Gasteiger partial charge is 0.234 e. The molecule has 0 fully saturated rings. The second-order valence-electron chi connectivity index (χ2n) is 5.48. The van der Waals surface area contributed by atoms with Crippen molar-refractivity contribution in [2.45, 2.75) is 5.16 Å². The van der Waals surface area contributed by atoms with Crippen molar-refractivity contribution < 1.29 is 19.0 Å². The van der Waals surface area contributed by atoms with E-state index in [1.54, 1.807) is 63.8 Å². The number of tetrazole rings is 1. The van der Waals surface area contributed by atoms with E-state index in [2.05, 4.69) is 20.8 Å². The van der Waals surface area contributed by atoms with Gasteiger partial charge in [-0.2, -0.15) is 4.68 Å². The number of hydrogen-bond donors (Lipinski definition) is 1. The van der Waals surface area contributed by atoms with Crippen LogP contribution in [0.3, 0.4) is 0 Å². The molecule has 2 aromatic carbocycles. The van der Waals surface area contributed by atoms with Crippen LogP contribution in [0.25, 0.3) is 5.69 Å². The first-order chi connectivity index (χ1) is 13.6. The first-order valence-corrected chi connectivity index (χ1v) is 9.20. The summed E-state index contributed by atoms with van der Waals surface area (Å²) < 4.78 is 17.3. The number of carbonyl (C=O) groups excluding carboxylic acids is 1. The van der Waals surface area contributed by atoms with Crippen LogP contribution in [0.2, 0.25) is 0 Å². The van der Waals surface area contributed by atoms with Gasteiger partial charge in [-0.25, -0.2) is 0 Å². The summed E-state index contributed by atoms with van der Waals surface area (Å²) in [6.07, 6.45) is 0. The Morgan fingerprint density at radius 2 is 1.86 bits per heavy atom. The van der Waals surface area contributed by atoms with E-state index in [0.29, 0.717) is 33.8 Å². The number of amides is 1. The quantitative estimate of drug-likeness (QED) is 0.575. The van der Waals surface area contributed by atoms with Crippen LogP contribution in [0.15, 0.2) is 47.6 Å². The fourth-order valence-corrected chi connectivity index (χ4v) is 3.09. The molecule has 0 spiro atoms. The lowest BCUT2D eigenvalue weighted by molar-refractivity contribution is -0.113. The minimum atomic E-state index is -0.186. The SMILES string of the molecule is COc1cccc(NC(=O)CSc2nnnn2-c2ccc(OC)cc2OC)c1. The molecule has 0 radical (unpaired) electrons. The van der Waals surface area contributed by atoms with Crippen LogP contribution in [0.5, 0.6) is 17.2 Å². The Kier molecular flexibility index (Phi) is 6.33. The number of rotatable bonds is 8. The van der Waals surface area contributed by atoms with E-state index in [4.69, 9.17) is 14.2 Å². The van der Waals surface area contributed by atoms with Gasteiger partial charge in [0.1, 0.15) is 22.9 Å². The standard InChI is InChI=1S/C18H19N5O4S/c1-25-13-6-4-5-12(9-13)19-17(24)11-28-18-20-21-22-23(18)15-8-7-14(26-2)10-16(15)27-3/h4-10H,11H2,1-3H3,(H,19,24). The average molecular weight is 401 g/mol. The minimum absolute atomic E-state index is 0.135. The van der Waals surface area contributed by atoms with Gasteiger partial charge in [-0.1, -0.05) is 17.8 Å². The van der Waals surface area contributed by atoms with E-state index >= 15 is 0 Å². The molecule has 0 aliphatic heterocycles. The molecule has 0 saturated heterocycles. The summed E-state index contributed by atoms with van der Waals surface area (Å²) in [6, 6.07) is 12.4. The molecular formula is C18H19N5O4S. The highest BCUT2D eigenvalue weighted by Gasteiger charge is 2.16. The van der Waals surface area contributed by atoms with Crippen molar-refractivity contribution in [2.24, 2.45) is 0 Å². The number of methoxy groups -OCH3 is 3. The van der Waals surface area contributed by atoms with Crippen LogP contribution in [-0.4, -0.2) is 53.2 Å². The highest BCUT2D eigenvalue weighted by Crippen LogP contribution is 2.29. The maximum absolute atomic E-state index is 12.3. The van der Waals surface area contributed by atoms with E-state index < -0.39 is 0 Å². The number of anilines is 1. The predicted octanol–water partition coefficient (Wildman–Crippen LogP) is 2.42. The number of aromatic nitrogens is 4. The Balaban J connectivity index is 1.70. The Hall–Kier alpha value is -3.27. The number of ether oxygens (including phenoxy) is 3. The van der Waals surface area contributed by atoms with Gasteiger partial charge in [-0.15, -0.1) is 5.10 Å². The van der Waals surface area contributed by atoms with E-state index in [-0.39, 0.29) is 11.7 Å². The molecule has 28 heavy (non-hydrogen) atoms. The highest BCUT2D eigenvalue weighted by molar-refractivity contribution is 7.99. The maximum Gasteiger partial charge on any atom is 0.234 e. The molecule has 146 valence electrons. The number of nitrogens with one attached hydrogen (secondary N) is 1. The van der Waals surface area contributed by atoms with Crippen molar-refractivity contribution in [1.29, 1.82) is 0 Å². The first-order valence-electron chi connectivity index (χ1n) is 8.22. The van der Waals surface area contributed by atoms with Gasteiger partial charge >= 0.3 is 0 Å².